The average molecular weight is 253 g/mol. The Kier molecular flexibility index (Phi) is 3.54. The van der Waals surface area contributed by atoms with Crippen LogP contribution in [0.1, 0.15) is 30.7 Å². The molecule has 0 aliphatic carbocycles. The fraction of sp³-hybridized carbons (Fsp3) is 0.615. The van der Waals surface area contributed by atoms with Gasteiger partial charge in [0.05, 0.1) is 5.41 Å². The predicted octanol–water partition coefficient (Wildman–Crippen LogP) is 2.61. The molecule has 1 aromatic rings. The van der Waals surface area contributed by atoms with E-state index >= 15 is 0 Å². The minimum absolute atomic E-state index is 0.616. The second kappa shape index (κ2) is 4.78. The first-order valence-corrected chi connectivity index (χ1v) is 6.88. The van der Waals surface area contributed by atoms with Crippen LogP contribution in [-0.2, 0) is 17.8 Å². The topological polar surface area (TPSA) is 40.5 Å². The summed E-state index contributed by atoms with van der Waals surface area (Å²) in [5.74, 6) is -0.703. The number of aliphatic carboxylic acids is 1. The monoisotopic (exact) mass is 253 g/mol. The first-order valence-electron chi connectivity index (χ1n) is 6.00. The Balaban J connectivity index is 1.88. The quantitative estimate of drug-likeness (QED) is 0.896. The lowest BCUT2D eigenvalue weighted by Gasteiger charge is -2.29. The largest absolute Gasteiger partial charge is 0.481 e. The minimum Gasteiger partial charge on any atom is -0.481 e. The van der Waals surface area contributed by atoms with Gasteiger partial charge in [-0.15, -0.1) is 11.3 Å². The lowest BCUT2D eigenvalue weighted by Crippen LogP contribution is -2.35. The maximum Gasteiger partial charge on any atom is 0.309 e. The van der Waals surface area contributed by atoms with E-state index in [9.17, 15) is 4.79 Å². The van der Waals surface area contributed by atoms with E-state index in [1.807, 2.05) is 11.3 Å². The summed E-state index contributed by atoms with van der Waals surface area (Å²) in [4.78, 5) is 14.9. The summed E-state index contributed by atoms with van der Waals surface area (Å²) in [6.07, 6.45) is 1.82. The van der Waals surface area contributed by atoms with Gasteiger partial charge in [0, 0.05) is 18.0 Å². The number of hydrogen-bond acceptors (Lipinski definition) is 3. The molecule has 1 aromatic heterocycles. The fourth-order valence-electron chi connectivity index (χ4n) is 2.04. The van der Waals surface area contributed by atoms with Crippen molar-refractivity contribution in [3.63, 3.8) is 0 Å². The molecule has 0 fully saturated rings. The first-order chi connectivity index (χ1) is 7.99. The highest BCUT2D eigenvalue weighted by Crippen LogP contribution is 2.26. The van der Waals surface area contributed by atoms with E-state index in [1.165, 1.54) is 10.4 Å². The number of fused-ring (bicyclic) bond motifs is 1. The molecule has 2 rings (SSSR count). The van der Waals surface area contributed by atoms with Crippen molar-refractivity contribution < 1.29 is 9.90 Å². The van der Waals surface area contributed by atoms with Gasteiger partial charge in [0.1, 0.15) is 0 Å². The zero-order valence-corrected chi connectivity index (χ0v) is 11.2. The van der Waals surface area contributed by atoms with Crippen LogP contribution >= 0.6 is 11.3 Å². The van der Waals surface area contributed by atoms with Gasteiger partial charge in [0.15, 0.2) is 0 Å². The van der Waals surface area contributed by atoms with Crippen molar-refractivity contribution in [2.24, 2.45) is 5.41 Å². The second-order valence-electron chi connectivity index (χ2n) is 5.33. The summed E-state index contributed by atoms with van der Waals surface area (Å²) in [6.45, 7) is 6.51. The Morgan fingerprint density at radius 1 is 1.59 bits per heavy atom. The van der Waals surface area contributed by atoms with E-state index in [0.717, 1.165) is 26.1 Å². The molecule has 3 nitrogen and oxygen atoms in total. The van der Waals surface area contributed by atoms with Gasteiger partial charge in [-0.25, -0.2) is 0 Å². The van der Waals surface area contributed by atoms with Crippen LogP contribution in [0.3, 0.4) is 0 Å². The molecule has 0 bridgehead atoms. The van der Waals surface area contributed by atoms with Gasteiger partial charge < -0.3 is 5.11 Å². The third-order valence-corrected chi connectivity index (χ3v) is 4.54. The Morgan fingerprint density at radius 3 is 3.06 bits per heavy atom. The Hall–Kier alpha value is -0.870. The molecule has 1 aliphatic heterocycles. The summed E-state index contributed by atoms with van der Waals surface area (Å²) < 4.78 is 0. The van der Waals surface area contributed by atoms with Crippen LogP contribution in [0.25, 0.3) is 0 Å². The van der Waals surface area contributed by atoms with Gasteiger partial charge >= 0.3 is 5.97 Å². The number of thiophene rings is 1. The fourth-order valence-corrected chi connectivity index (χ4v) is 2.93. The van der Waals surface area contributed by atoms with Crippen molar-refractivity contribution in [2.45, 2.75) is 33.2 Å². The summed E-state index contributed by atoms with van der Waals surface area (Å²) in [5.41, 5.74) is 0.809. The SMILES string of the molecule is CC(C)(CCN1CCc2sccc2C1)C(=O)O. The Morgan fingerprint density at radius 2 is 2.35 bits per heavy atom. The molecule has 17 heavy (non-hydrogen) atoms. The third-order valence-electron chi connectivity index (χ3n) is 3.52. The number of rotatable bonds is 4. The van der Waals surface area contributed by atoms with E-state index < -0.39 is 11.4 Å². The van der Waals surface area contributed by atoms with Gasteiger partial charge in [0.25, 0.3) is 0 Å². The van der Waals surface area contributed by atoms with E-state index in [-0.39, 0.29) is 0 Å². The third kappa shape index (κ3) is 2.87. The number of carbonyl (C=O) groups is 1. The normalized spacial score (nSPS) is 16.8. The smallest absolute Gasteiger partial charge is 0.309 e. The molecule has 4 heteroatoms. The molecule has 0 atom stereocenters. The van der Waals surface area contributed by atoms with Crippen LogP contribution in [0.4, 0.5) is 0 Å². The highest BCUT2D eigenvalue weighted by Gasteiger charge is 2.28. The van der Waals surface area contributed by atoms with E-state index in [1.54, 1.807) is 13.8 Å². The molecule has 0 unspecified atom stereocenters. The first kappa shape index (κ1) is 12.6. The minimum atomic E-state index is -0.703. The van der Waals surface area contributed by atoms with Crippen LogP contribution < -0.4 is 0 Å². The molecule has 2 heterocycles. The van der Waals surface area contributed by atoms with Crippen molar-refractivity contribution in [3.05, 3.63) is 21.9 Å². The Bertz CT molecular complexity index is 411. The van der Waals surface area contributed by atoms with Crippen LogP contribution in [0.15, 0.2) is 11.4 Å². The molecule has 0 spiro atoms. The highest BCUT2D eigenvalue weighted by molar-refractivity contribution is 7.10. The van der Waals surface area contributed by atoms with Crippen molar-refractivity contribution in [1.29, 1.82) is 0 Å². The second-order valence-corrected chi connectivity index (χ2v) is 6.33. The lowest BCUT2D eigenvalue weighted by molar-refractivity contribution is -0.147. The molecular formula is C13H19NO2S. The van der Waals surface area contributed by atoms with Gasteiger partial charge in [-0.05, 0) is 50.2 Å². The summed E-state index contributed by atoms with van der Waals surface area (Å²) in [5, 5.41) is 11.2. The van der Waals surface area contributed by atoms with Gasteiger partial charge in [-0.3, -0.25) is 9.69 Å². The Labute approximate surface area is 106 Å². The summed E-state index contributed by atoms with van der Waals surface area (Å²) in [6, 6.07) is 2.19. The summed E-state index contributed by atoms with van der Waals surface area (Å²) in [7, 11) is 0. The van der Waals surface area contributed by atoms with E-state index in [2.05, 4.69) is 16.3 Å². The van der Waals surface area contributed by atoms with Gasteiger partial charge in [0.2, 0.25) is 0 Å². The van der Waals surface area contributed by atoms with Crippen molar-refractivity contribution in [1.82, 2.24) is 4.90 Å². The van der Waals surface area contributed by atoms with E-state index in [4.69, 9.17) is 5.11 Å². The molecule has 0 amide bonds. The maximum atomic E-state index is 11.0. The molecule has 94 valence electrons. The number of carboxylic acid groups (broad SMARTS) is 1. The zero-order chi connectivity index (χ0) is 12.5. The van der Waals surface area contributed by atoms with Crippen LogP contribution in [-0.4, -0.2) is 29.1 Å². The standard InChI is InChI=1S/C13H19NO2S/c1-13(2,12(15)16)5-7-14-6-3-11-10(9-14)4-8-17-11/h4,8H,3,5-7,9H2,1-2H3,(H,15,16). The van der Waals surface area contributed by atoms with Crippen molar-refractivity contribution in [3.8, 4) is 0 Å². The average Bonchev–Trinajstić information content (AvgIpc) is 2.73. The predicted molar refractivity (Wildman–Crippen MR) is 69.3 cm³/mol. The molecule has 1 N–H and O–H groups in total. The van der Waals surface area contributed by atoms with Gasteiger partial charge in [-0.1, -0.05) is 0 Å². The summed E-state index contributed by atoms with van der Waals surface area (Å²) >= 11 is 1.84. The van der Waals surface area contributed by atoms with E-state index in [0.29, 0.717) is 6.42 Å². The molecular weight excluding hydrogens is 234 g/mol. The molecule has 0 aromatic carbocycles. The lowest BCUT2D eigenvalue weighted by atomic mass is 9.89. The van der Waals surface area contributed by atoms with Crippen molar-refractivity contribution >= 4 is 17.3 Å². The number of carboxylic acids is 1. The molecule has 0 radical (unpaired) electrons. The molecule has 0 saturated carbocycles. The molecule has 0 saturated heterocycles. The number of hydrogen-bond donors (Lipinski definition) is 1. The zero-order valence-electron chi connectivity index (χ0n) is 10.4. The van der Waals surface area contributed by atoms with Gasteiger partial charge in [-0.2, -0.15) is 0 Å². The highest BCUT2D eigenvalue weighted by atomic mass is 32.1. The number of nitrogens with zero attached hydrogens (tertiary/aromatic N) is 1. The van der Waals surface area contributed by atoms with Crippen LogP contribution in [0.5, 0.6) is 0 Å². The van der Waals surface area contributed by atoms with Crippen LogP contribution in [0.2, 0.25) is 0 Å². The van der Waals surface area contributed by atoms with Crippen molar-refractivity contribution in [2.75, 3.05) is 13.1 Å². The maximum absolute atomic E-state index is 11.0. The molecule has 1 aliphatic rings. The van der Waals surface area contributed by atoms with Crippen LogP contribution in [0, 0.1) is 5.41 Å².